The molecule has 3 nitrogen and oxygen atoms in total. The van der Waals surface area contributed by atoms with Crippen molar-refractivity contribution in [3.8, 4) is 11.5 Å². The number of ether oxygens (including phenoxy) is 2. The van der Waals surface area contributed by atoms with E-state index in [1.54, 1.807) is 0 Å². The second-order valence-electron chi connectivity index (χ2n) is 12.3. The third kappa shape index (κ3) is 21.4. The molecule has 0 bridgehead atoms. The second-order valence-corrected chi connectivity index (χ2v) is 12.3. The van der Waals surface area contributed by atoms with Crippen LogP contribution in [0.5, 0.6) is 11.5 Å². The molecule has 1 aromatic rings. The van der Waals surface area contributed by atoms with Gasteiger partial charge >= 0.3 is 0 Å². The zero-order chi connectivity index (χ0) is 27.0. The molecule has 0 aliphatic heterocycles. The van der Waals surface area contributed by atoms with Crippen LogP contribution < -0.4 is 9.47 Å². The zero-order valence-electron chi connectivity index (χ0n) is 25.8. The molecule has 0 atom stereocenters. The molecule has 0 N–H and O–H groups in total. The third-order valence-electron chi connectivity index (χ3n) is 7.13. The maximum Gasteiger partial charge on any atom is 0.123 e. The number of quaternary nitrogens is 1. The molecule has 0 saturated heterocycles. The summed E-state index contributed by atoms with van der Waals surface area (Å²) in [5, 5.41) is 0. The fourth-order valence-corrected chi connectivity index (χ4v) is 5.00. The lowest BCUT2D eigenvalue weighted by Crippen LogP contribution is -2.33. The van der Waals surface area contributed by atoms with E-state index in [0.29, 0.717) is 0 Å². The molecule has 37 heavy (non-hydrogen) atoms. The highest BCUT2D eigenvalue weighted by Gasteiger charge is 2.12. The predicted octanol–water partition coefficient (Wildman–Crippen LogP) is 10.5. The molecular weight excluding hydrogens is 454 g/mol. The van der Waals surface area contributed by atoms with E-state index in [0.717, 1.165) is 48.6 Å². The van der Waals surface area contributed by atoms with Crippen LogP contribution in [-0.2, 0) is 6.54 Å². The van der Waals surface area contributed by atoms with Crippen molar-refractivity contribution in [2.75, 3.05) is 34.4 Å². The van der Waals surface area contributed by atoms with Crippen LogP contribution in [0.15, 0.2) is 18.2 Å². The van der Waals surface area contributed by atoms with Crippen LogP contribution in [0.3, 0.4) is 0 Å². The van der Waals surface area contributed by atoms with Crippen molar-refractivity contribution in [1.29, 1.82) is 0 Å². The van der Waals surface area contributed by atoms with Crippen LogP contribution in [0.2, 0.25) is 0 Å². The smallest absolute Gasteiger partial charge is 0.123 e. The molecule has 0 aromatic heterocycles. The molecule has 0 saturated carbocycles. The van der Waals surface area contributed by atoms with Crippen LogP contribution in [0.25, 0.3) is 0 Å². The van der Waals surface area contributed by atoms with Crippen molar-refractivity contribution in [1.82, 2.24) is 0 Å². The molecule has 216 valence electrons. The van der Waals surface area contributed by atoms with E-state index < -0.39 is 0 Å². The van der Waals surface area contributed by atoms with Gasteiger partial charge < -0.3 is 14.0 Å². The second kappa shape index (κ2) is 22.7. The molecule has 0 fully saturated rings. The van der Waals surface area contributed by atoms with E-state index in [4.69, 9.17) is 9.47 Å². The van der Waals surface area contributed by atoms with Gasteiger partial charge in [0.1, 0.15) is 18.0 Å². The Labute approximate surface area is 232 Å². The monoisotopic (exact) mass is 518 g/mol. The normalized spacial score (nSPS) is 11.7. The first kappa shape index (κ1) is 33.8. The van der Waals surface area contributed by atoms with E-state index >= 15 is 0 Å². The topological polar surface area (TPSA) is 18.5 Å². The molecule has 0 aliphatic carbocycles. The molecule has 0 unspecified atom stereocenters. The Morgan fingerprint density at radius 3 is 1.11 bits per heavy atom. The summed E-state index contributed by atoms with van der Waals surface area (Å²) in [7, 11) is 6.71. The average molecular weight is 519 g/mol. The molecule has 0 radical (unpaired) electrons. The van der Waals surface area contributed by atoms with Crippen LogP contribution in [0.1, 0.15) is 148 Å². The molecule has 0 heterocycles. The molecule has 0 spiro atoms. The maximum absolute atomic E-state index is 6.19. The summed E-state index contributed by atoms with van der Waals surface area (Å²) in [4.78, 5) is 0. The summed E-state index contributed by atoms with van der Waals surface area (Å²) in [5.41, 5.74) is 1.30. The highest BCUT2D eigenvalue weighted by atomic mass is 16.5. The lowest BCUT2D eigenvalue weighted by molar-refractivity contribution is -0.884. The average Bonchev–Trinajstić information content (AvgIpc) is 2.85. The standard InChI is InChI=1S/C34H64NO2/c1-6-8-10-12-14-16-18-20-22-24-26-36-33-28-32(31-35(3,4)5)29-34(30-33)37-27-25-23-21-19-17-15-13-11-9-7-2/h28-30H,6-27,31H2,1-5H3/q+1. The molecule has 3 heteroatoms. The Kier molecular flexibility index (Phi) is 20.8. The van der Waals surface area contributed by atoms with Gasteiger partial charge in [-0.3, -0.25) is 0 Å². The summed E-state index contributed by atoms with van der Waals surface area (Å²) >= 11 is 0. The number of rotatable bonds is 26. The quantitative estimate of drug-likeness (QED) is 0.0896. The van der Waals surface area contributed by atoms with Gasteiger partial charge in [0.25, 0.3) is 0 Å². The minimum absolute atomic E-state index is 0.808. The molecular formula is C34H64NO2+. The first-order chi connectivity index (χ1) is 17.9. The summed E-state index contributed by atoms with van der Waals surface area (Å²) < 4.78 is 13.3. The van der Waals surface area contributed by atoms with Gasteiger partial charge in [0.05, 0.1) is 34.4 Å². The van der Waals surface area contributed by atoms with Crippen LogP contribution >= 0.6 is 0 Å². The molecule has 1 rings (SSSR count). The van der Waals surface area contributed by atoms with Gasteiger partial charge in [0, 0.05) is 11.6 Å². The lowest BCUT2D eigenvalue weighted by atomic mass is 10.1. The van der Waals surface area contributed by atoms with E-state index in [1.165, 1.54) is 121 Å². The summed E-state index contributed by atoms with van der Waals surface area (Å²) in [5.74, 6) is 1.94. The van der Waals surface area contributed by atoms with Gasteiger partial charge in [-0.15, -0.1) is 0 Å². The van der Waals surface area contributed by atoms with Gasteiger partial charge in [-0.2, -0.15) is 0 Å². The lowest BCUT2D eigenvalue weighted by Gasteiger charge is -2.24. The minimum Gasteiger partial charge on any atom is -0.493 e. The summed E-state index contributed by atoms with van der Waals surface area (Å²) in [6.07, 6.45) is 27.1. The third-order valence-corrected chi connectivity index (χ3v) is 7.13. The Hall–Kier alpha value is -1.22. The number of unbranched alkanes of at least 4 members (excludes halogenated alkanes) is 18. The van der Waals surface area contributed by atoms with E-state index in [-0.39, 0.29) is 0 Å². The summed E-state index contributed by atoms with van der Waals surface area (Å²) in [6.45, 7) is 7.17. The van der Waals surface area contributed by atoms with Gasteiger partial charge in [0.2, 0.25) is 0 Å². The van der Waals surface area contributed by atoms with Gasteiger partial charge in [0.15, 0.2) is 0 Å². The van der Waals surface area contributed by atoms with Gasteiger partial charge in [-0.1, -0.05) is 129 Å². The number of nitrogens with zero attached hydrogens (tertiary/aromatic N) is 1. The Morgan fingerprint density at radius 1 is 0.459 bits per heavy atom. The van der Waals surface area contributed by atoms with Gasteiger partial charge in [-0.25, -0.2) is 0 Å². The molecule has 0 amide bonds. The SMILES string of the molecule is CCCCCCCCCCCCOc1cc(C[N+](C)(C)C)cc(OCCCCCCCCCCCC)c1. The van der Waals surface area contributed by atoms with Crippen molar-refractivity contribution in [2.24, 2.45) is 0 Å². The molecule has 1 aromatic carbocycles. The first-order valence-electron chi connectivity index (χ1n) is 16.1. The fraction of sp³-hybridized carbons (Fsp3) is 0.824. The zero-order valence-corrected chi connectivity index (χ0v) is 25.8. The van der Waals surface area contributed by atoms with Crippen LogP contribution in [0, 0.1) is 0 Å². The largest absolute Gasteiger partial charge is 0.493 e. The number of benzene rings is 1. The van der Waals surface area contributed by atoms with E-state index in [1.807, 2.05) is 0 Å². The Balaban J connectivity index is 2.29. The van der Waals surface area contributed by atoms with E-state index in [9.17, 15) is 0 Å². The van der Waals surface area contributed by atoms with Crippen molar-refractivity contribution in [2.45, 2.75) is 149 Å². The van der Waals surface area contributed by atoms with Crippen molar-refractivity contribution < 1.29 is 14.0 Å². The maximum atomic E-state index is 6.19. The highest BCUT2D eigenvalue weighted by molar-refractivity contribution is 5.38. The minimum atomic E-state index is 0.808. The summed E-state index contributed by atoms with van der Waals surface area (Å²) in [6, 6.07) is 6.53. The van der Waals surface area contributed by atoms with E-state index in [2.05, 4.69) is 53.2 Å². The van der Waals surface area contributed by atoms with Gasteiger partial charge in [-0.05, 0) is 25.0 Å². The highest BCUT2D eigenvalue weighted by Crippen LogP contribution is 2.25. The number of hydrogen-bond acceptors (Lipinski definition) is 2. The first-order valence-corrected chi connectivity index (χ1v) is 16.1. The van der Waals surface area contributed by atoms with Crippen molar-refractivity contribution >= 4 is 0 Å². The van der Waals surface area contributed by atoms with Crippen molar-refractivity contribution in [3.63, 3.8) is 0 Å². The predicted molar refractivity (Wildman–Crippen MR) is 163 cm³/mol. The van der Waals surface area contributed by atoms with Crippen LogP contribution in [-0.4, -0.2) is 38.8 Å². The van der Waals surface area contributed by atoms with Crippen molar-refractivity contribution in [3.05, 3.63) is 23.8 Å². The Morgan fingerprint density at radius 2 is 0.784 bits per heavy atom. The fourth-order valence-electron chi connectivity index (χ4n) is 5.00. The molecule has 0 aliphatic rings. The number of hydrogen-bond donors (Lipinski definition) is 0. The van der Waals surface area contributed by atoms with Crippen LogP contribution in [0.4, 0.5) is 0 Å². The Bertz CT molecular complexity index is 593.